The lowest BCUT2D eigenvalue weighted by molar-refractivity contribution is 0.112. The van der Waals surface area contributed by atoms with Crippen LogP contribution in [0.15, 0.2) is 12.5 Å². The first-order valence-electron chi connectivity index (χ1n) is 4.91. The summed E-state index contributed by atoms with van der Waals surface area (Å²) in [5.74, 6) is 0.930. The molecule has 0 bridgehead atoms. The quantitative estimate of drug-likeness (QED) is 0.637. The maximum absolute atomic E-state index is 10.9. The Balaban J connectivity index is 2.22. The summed E-state index contributed by atoms with van der Waals surface area (Å²) in [5, 5.41) is 3.16. The number of carbonyl (C=O) groups excluding carboxylic acids is 1. The monoisotopic (exact) mass is 251 g/mol. The molecule has 0 unspecified atom stereocenters. The fourth-order valence-corrected chi connectivity index (χ4v) is 1.60. The molecule has 0 aliphatic heterocycles. The van der Waals surface area contributed by atoms with E-state index in [1.165, 1.54) is 0 Å². The van der Waals surface area contributed by atoms with Crippen LogP contribution < -0.4 is 5.32 Å². The third kappa shape index (κ3) is 2.59. The van der Waals surface area contributed by atoms with Gasteiger partial charge in [0.15, 0.2) is 6.29 Å². The number of hydrogen-bond donors (Lipinski definition) is 2. The number of halogens is 1. The minimum atomic E-state index is 0.152. The molecule has 2 heterocycles. The van der Waals surface area contributed by atoms with Gasteiger partial charge in [0, 0.05) is 6.20 Å². The molecule has 0 radical (unpaired) electrons. The lowest BCUT2D eigenvalue weighted by Gasteiger charge is -2.08. The highest BCUT2D eigenvalue weighted by atomic mass is 35.5. The number of nitrogens with one attached hydrogen (secondary N) is 2. The average molecular weight is 252 g/mol. The molecule has 2 aromatic heterocycles. The van der Waals surface area contributed by atoms with Crippen LogP contribution in [0.1, 0.15) is 21.9 Å². The minimum Gasteiger partial charge on any atom is -0.364 e. The van der Waals surface area contributed by atoms with Gasteiger partial charge in [0.25, 0.3) is 0 Å². The number of H-pyrrole nitrogens is 1. The predicted molar refractivity (Wildman–Crippen MR) is 63.1 cm³/mol. The van der Waals surface area contributed by atoms with Gasteiger partial charge in [-0.25, -0.2) is 15.0 Å². The van der Waals surface area contributed by atoms with Crippen molar-refractivity contribution in [1.29, 1.82) is 0 Å². The predicted octanol–water partition coefficient (Wildman–Crippen LogP) is 1.59. The van der Waals surface area contributed by atoms with E-state index in [1.807, 2.05) is 0 Å². The minimum absolute atomic E-state index is 0.152. The van der Waals surface area contributed by atoms with Gasteiger partial charge in [0.1, 0.15) is 16.8 Å². The maximum atomic E-state index is 10.9. The Kier molecular flexibility index (Phi) is 3.34. The molecular weight excluding hydrogens is 242 g/mol. The number of nitrogens with zero attached hydrogens (tertiary/aromatic N) is 3. The van der Waals surface area contributed by atoms with Crippen molar-refractivity contribution in [3.63, 3.8) is 0 Å². The lowest BCUT2D eigenvalue weighted by Crippen LogP contribution is -2.07. The Morgan fingerprint density at radius 3 is 3.00 bits per heavy atom. The summed E-state index contributed by atoms with van der Waals surface area (Å²) in [7, 11) is 0. The van der Waals surface area contributed by atoms with Crippen molar-refractivity contribution < 1.29 is 4.79 Å². The molecule has 2 aromatic rings. The molecule has 17 heavy (non-hydrogen) atoms. The second-order valence-electron chi connectivity index (χ2n) is 3.37. The van der Waals surface area contributed by atoms with Crippen molar-refractivity contribution in [3.05, 3.63) is 34.8 Å². The van der Waals surface area contributed by atoms with Crippen molar-refractivity contribution in [3.8, 4) is 0 Å². The van der Waals surface area contributed by atoms with Crippen LogP contribution in [-0.4, -0.2) is 26.2 Å². The SMILES string of the molecule is Cc1nc(Cl)c(C=O)c(NCc2cnc[nH]2)n1. The third-order valence-corrected chi connectivity index (χ3v) is 2.42. The highest BCUT2D eigenvalue weighted by molar-refractivity contribution is 6.32. The van der Waals surface area contributed by atoms with Crippen molar-refractivity contribution in [1.82, 2.24) is 19.9 Å². The van der Waals surface area contributed by atoms with Crippen LogP contribution in [0.25, 0.3) is 0 Å². The van der Waals surface area contributed by atoms with Gasteiger partial charge in [0.2, 0.25) is 0 Å². The van der Waals surface area contributed by atoms with E-state index in [2.05, 4.69) is 25.3 Å². The molecule has 0 amide bonds. The topological polar surface area (TPSA) is 83.6 Å². The number of rotatable bonds is 4. The van der Waals surface area contributed by atoms with E-state index in [9.17, 15) is 4.79 Å². The van der Waals surface area contributed by atoms with Crippen molar-refractivity contribution >= 4 is 23.7 Å². The molecule has 88 valence electrons. The second kappa shape index (κ2) is 4.92. The van der Waals surface area contributed by atoms with Gasteiger partial charge in [-0.3, -0.25) is 4.79 Å². The molecule has 7 heteroatoms. The fraction of sp³-hybridized carbons (Fsp3) is 0.200. The molecule has 0 spiro atoms. The molecule has 0 saturated heterocycles. The lowest BCUT2D eigenvalue weighted by atomic mass is 10.3. The largest absolute Gasteiger partial charge is 0.364 e. The molecule has 2 N–H and O–H groups in total. The first-order valence-corrected chi connectivity index (χ1v) is 5.29. The zero-order valence-electron chi connectivity index (χ0n) is 9.07. The van der Waals surface area contributed by atoms with Crippen LogP contribution in [0.5, 0.6) is 0 Å². The Bertz CT molecular complexity index is 526. The Labute approximate surface area is 102 Å². The van der Waals surface area contributed by atoms with Crippen LogP contribution in [0.3, 0.4) is 0 Å². The first-order chi connectivity index (χ1) is 8.20. The summed E-state index contributed by atoms with van der Waals surface area (Å²) in [6, 6.07) is 0. The van der Waals surface area contributed by atoms with Crippen LogP contribution in [0.4, 0.5) is 5.82 Å². The van der Waals surface area contributed by atoms with Crippen LogP contribution >= 0.6 is 11.6 Å². The summed E-state index contributed by atoms with van der Waals surface area (Å²) in [6.45, 7) is 2.19. The fourth-order valence-electron chi connectivity index (χ4n) is 1.35. The van der Waals surface area contributed by atoms with E-state index < -0.39 is 0 Å². The summed E-state index contributed by atoms with van der Waals surface area (Å²) < 4.78 is 0. The molecule has 0 aromatic carbocycles. The molecule has 0 aliphatic carbocycles. The molecule has 0 aliphatic rings. The van der Waals surface area contributed by atoms with Gasteiger partial charge in [-0.2, -0.15) is 0 Å². The number of aromatic amines is 1. The summed E-state index contributed by atoms with van der Waals surface area (Å²) in [5.41, 5.74) is 1.14. The highest BCUT2D eigenvalue weighted by Crippen LogP contribution is 2.19. The Hall–Kier alpha value is -1.95. The van der Waals surface area contributed by atoms with Crippen molar-refractivity contribution in [2.75, 3.05) is 5.32 Å². The number of hydrogen-bond acceptors (Lipinski definition) is 5. The Morgan fingerprint density at radius 1 is 1.53 bits per heavy atom. The maximum Gasteiger partial charge on any atom is 0.156 e. The van der Waals surface area contributed by atoms with E-state index in [1.54, 1.807) is 19.4 Å². The van der Waals surface area contributed by atoms with E-state index in [0.717, 1.165) is 5.69 Å². The van der Waals surface area contributed by atoms with Crippen LogP contribution in [0.2, 0.25) is 5.15 Å². The molecule has 0 saturated carbocycles. The molecule has 0 fully saturated rings. The molecular formula is C10H10ClN5O. The zero-order chi connectivity index (χ0) is 12.3. The van der Waals surface area contributed by atoms with E-state index in [-0.39, 0.29) is 10.7 Å². The number of aldehydes is 1. The number of aromatic nitrogens is 4. The normalized spacial score (nSPS) is 10.2. The molecule has 2 rings (SSSR count). The summed E-state index contributed by atoms with van der Waals surface area (Å²) in [6.07, 6.45) is 3.90. The summed E-state index contributed by atoms with van der Waals surface area (Å²) >= 11 is 5.85. The second-order valence-corrected chi connectivity index (χ2v) is 3.73. The van der Waals surface area contributed by atoms with Crippen molar-refractivity contribution in [2.24, 2.45) is 0 Å². The molecule has 6 nitrogen and oxygen atoms in total. The van der Waals surface area contributed by atoms with E-state index >= 15 is 0 Å². The Morgan fingerprint density at radius 2 is 2.35 bits per heavy atom. The number of aryl methyl sites for hydroxylation is 1. The van der Waals surface area contributed by atoms with Gasteiger partial charge >= 0.3 is 0 Å². The van der Waals surface area contributed by atoms with Gasteiger partial charge in [-0.05, 0) is 6.92 Å². The van der Waals surface area contributed by atoms with Crippen LogP contribution in [-0.2, 0) is 6.54 Å². The van der Waals surface area contributed by atoms with Gasteiger partial charge in [0.05, 0.1) is 24.1 Å². The smallest absolute Gasteiger partial charge is 0.156 e. The molecule has 0 atom stereocenters. The summed E-state index contributed by atoms with van der Waals surface area (Å²) in [4.78, 5) is 25.8. The zero-order valence-corrected chi connectivity index (χ0v) is 9.82. The van der Waals surface area contributed by atoms with Gasteiger partial charge in [-0.1, -0.05) is 11.6 Å². The number of carbonyl (C=O) groups is 1. The van der Waals surface area contributed by atoms with E-state index in [4.69, 9.17) is 11.6 Å². The van der Waals surface area contributed by atoms with Gasteiger partial charge in [-0.15, -0.1) is 0 Å². The van der Waals surface area contributed by atoms with Gasteiger partial charge < -0.3 is 10.3 Å². The van der Waals surface area contributed by atoms with E-state index in [0.29, 0.717) is 24.5 Å². The third-order valence-electron chi connectivity index (χ3n) is 2.13. The number of anilines is 1. The average Bonchev–Trinajstić information content (AvgIpc) is 2.78. The standard InChI is InChI=1S/C10H10ClN5O/c1-6-15-9(11)8(4-17)10(16-6)13-3-7-2-12-5-14-7/h2,4-5H,3H2,1H3,(H,12,14)(H,13,15,16). The number of imidazole rings is 1. The van der Waals surface area contributed by atoms with Crippen LogP contribution in [0, 0.1) is 6.92 Å². The van der Waals surface area contributed by atoms with Crippen molar-refractivity contribution in [2.45, 2.75) is 13.5 Å². The highest BCUT2D eigenvalue weighted by Gasteiger charge is 2.10. The first kappa shape index (κ1) is 11.5.